The second-order valence-electron chi connectivity index (χ2n) is 5.10. The van der Waals surface area contributed by atoms with Crippen molar-refractivity contribution < 1.29 is 8.42 Å². The first-order valence-corrected chi connectivity index (χ1v) is 8.58. The van der Waals surface area contributed by atoms with E-state index in [1.165, 1.54) is 0 Å². The molecule has 0 aliphatic carbocycles. The maximum atomic E-state index is 11.9. The van der Waals surface area contributed by atoms with Gasteiger partial charge >= 0.3 is 0 Å². The Bertz CT molecular complexity index is 319. The lowest BCUT2D eigenvalue weighted by atomic mass is 10.1. The summed E-state index contributed by atoms with van der Waals surface area (Å²) >= 11 is 0. The Balaban J connectivity index is 2.22. The van der Waals surface area contributed by atoms with Gasteiger partial charge in [-0.1, -0.05) is 6.92 Å². The third-order valence-electron chi connectivity index (χ3n) is 3.24. The lowest BCUT2D eigenvalue weighted by molar-refractivity contribution is 0.242. The molecule has 18 heavy (non-hydrogen) atoms. The topological polar surface area (TPSA) is 61.4 Å². The summed E-state index contributed by atoms with van der Waals surface area (Å²) in [4.78, 5) is 2.18. The van der Waals surface area contributed by atoms with Gasteiger partial charge in [0.2, 0.25) is 10.0 Å². The van der Waals surface area contributed by atoms with E-state index >= 15 is 0 Å². The van der Waals surface area contributed by atoms with Gasteiger partial charge in [0.15, 0.2) is 0 Å². The lowest BCUT2D eigenvalue weighted by Crippen LogP contribution is -2.46. The monoisotopic (exact) mass is 277 g/mol. The molecule has 0 aromatic heterocycles. The molecule has 108 valence electrons. The minimum atomic E-state index is -3.10. The van der Waals surface area contributed by atoms with Gasteiger partial charge in [0.25, 0.3) is 0 Å². The van der Waals surface area contributed by atoms with Crippen LogP contribution in [0.2, 0.25) is 0 Å². The Morgan fingerprint density at radius 3 is 2.78 bits per heavy atom. The number of hydrogen-bond acceptors (Lipinski definition) is 4. The van der Waals surface area contributed by atoms with Crippen molar-refractivity contribution in [1.82, 2.24) is 14.9 Å². The Morgan fingerprint density at radius 1 is 1.33 bits per heavy atom. The molecular weight excluding hydrogens is 250 g/mol. The van der Waals surface area contributed by atoms with Gasteiger partial charge in [0.1, 0.15) is 0 Å². The molecule has 2 N–H and O–H groups in total. The number of likely N-dealkylation sites (tertiary alicyclic amines) is 1. The zero-order valence-corrected chi connectivity index (χ0v) is 12.4. The standard InChI is InChI=1S/C12H27N3O2S/c1-3-13-8-4-5-10-18(16,17)14-12-7-6-9-15(2)11-12/h12-14H,3-11H2,1-2H3. The summed E-state index contributed by atoms with van der Waals surface area (Å²) in [6.07, 6.45) is 3.68. The van der Waals surface area contributed by atoms with Crippen LogP contribution < -0.4 is 10.0 Å². The van der Waals surface area contributed by atoms with E-state index in [0.717, 1.165) is 51.9 Å². The van der Waals surface area contributed by atoms with Crippen LogP contribution in [0.1, 0.15) is 32.6 Å². The molecule has 1 fully saturated rings. The fourth-order valence-corrected chi connectivity index (χ4v) is 3.70. The molecule has 1 aliphatic heterocycles. The minimum absolute atomic E-state index is 0.0996. The van der Waals surface area contributed by atoms with Crippen LogP contribution in [-0.4, -0.2) is 58.3 Å². The molecule has 1 atom stereocenters. The van der Waals surface area contributed by atoms with Crippen LogP contribution in [0.4, 0.5) is 0 Å². The smallest absolute Gasteiger partial charge is 0.211 e. The summed E-state index contributed by atoms with van der Waals surface area (Å²) in [6.45, 7) is 5.80. The number of piperidine rings is 1. The van der Waals surface area contributed by atoms with Crippen molar-refractivity contribution >= 4 is 10.0 Å². The zero-order valence-electron chi connectivity index (χ0n) is 11.6. The van der Waals surface area contributed by atoms with Crippen LogP contribution >= 0.6 is 0 Å². The van der Waals surface area contributed by atoms with Gasteiger partial charge in [-0.25, -0.2) is 13.1 Å². The number of likely N-dealkylation sites (N-methyl/N-ethyl adjacent to an activating group) is 1. The van der Waals surface area contributed by atoms with E-state index in [9.17, 15) is 8.42 Å². The third-order valence-corrected chi connectivity index (χ3v) is 4.76. The molecule has 0 saturated carbocycles. The first kappa shape index (κ1) is 15.9. The molecule has 5 nitrogen and oxygen atoms in total. The third kappa shape index (κ3) is 6.68. The summed E-state index contributed by atoms with van der Waals surface area (Å²) in [5.74, 6) is 0.249. The van der Waals surface area contributed by atoms with Crippen molar-refractivity contribution in [3.63, 3.8) is 0 Å². The van der Waals surface area contributed by atoms with Gasteiger partial charge in [-0.05, 0) is 52.4 Å². The van der Waals surface area contributed by atoms with Crippen molar-refractivity contribution in [2.24, 2.45) is 0 Å². The largest absolute Gasteiger partial charge is 0.317 e. The minimum Gasteiger partial charge on any atom is -0.317 e. The Labute approximate surface area is 111 Å². The van der Waals surface area contributed by atoms with Crippen molar-refractivity contribution in [2.45, 2.75) is 38.6 Å². The molecule has 1 unspecified atom stereocenters. The van der Waals surface area contributed by atoms with Crippen LogP contribution in [-0.2, 0) is 10.0 Å². The summed E-state index contributed by atoms with van der Waals surface area (Å²) in [5.41, 5.74) is 0. The van der Waals surface area contributed by atoms with E-state index < -0.39 is 10.0 Å². The summed E-state index contributed by atoms with van der Waals surface area (Å²) in [7, 11) is -1.06. The molecule has 0 aromatic rings. The highest BCUT2D eigenvalue weighted by Crippen LogP contribution is 2.09. The average molecular weight is 277 g/mol. The molecule has 0 radical (unpaired) electrons. The molecule has 6 heteroatoms. The van der Waals surface area contributed by atoms with Crippen molar-refractivity contribution in [3.8, 4) is 0 Å². The first-order chi connectivity index (χ1) is 8.53. The van der Waals surface area contributed by atoms with Gasteiger partial charge in [0, 0.05) is 12.6 Å². The predicted octanol–water partition coefficient (Wildman–Crippen LogP) is 0.390. The van der Waals surface area contributed by atoms with Gasteiger partial charge in [-0.15, -0.1) is 0 Å². The van der Waals surface area contributed by atoms with Crippen LogP contribution in [0, 0.1) is 0 Å². The number of hydrogen-bond donors (Lipinski definition) is 2. The van der Waals surface area contributed by atoms with E-state index in [1.54, 1.807) is 0 Å². The van der Waals surface area contributed by atoms with Gasteiger partial charge in [0.05, 0.1) is 5.75 Å². The molecule has 0 bridgehead atoms. The van der Waals surface area contributed by atoms with E-state index in [1.807, 2.05) is 7.05 Å². The number of unbranched alkanes of at least 4 members (excludes halogenated alkanes) is 1. The fourth-order valence-electron chi connectivity index (χ4n) is 2.29. The molecule has 1 heterocycles. The van der Waals surface area contributed by atoms with Crippen molar-refractivity contribution in [2.75, 3.05) is 39.0 Å². The van der Waals surface area contributed by atoms with Crippen molar-refractivity contribution in [3.05, 3.63) is 0 Å². The highest BCUT2D eigenvalue weighted by Gasteiger charge is 2.21. The molecule has 1 aliphatic rings. The summed E-state index contributed by atoms with van der Waals surface area (Å²) < 4.78 is 26.6. The van der Waals surface area contributed by atoms with E-state index in [-0.39, 0.29) is 11.8 Å². The summed E-state index contributed by atoms with van der Waals surface area (Å²) in [6, 6.07) is 0.0996. The van der Waals surface area contributed by atoms with Crippen LogP contribution in [0.25, 0.3) is 0 Å². The summed E-state index contributed by atoms with van der Waals surface area (Å²) in [5, 5.41) is 3.20. The van der Waals surface area contributed by atoms with E-state index in [4.69, 9.17) is 0 Å². The quantitative estimate of drug-likeness (QED) is 0.630. The number of nitrogens with zero attached hydrogens (tertiary/aromatic N) is 1. The Kier molecular flexibility index (Phi) is 7.14. The molecule has 1 rings (SSSR count). The highest BCUT2D eigenvalue weighted by molar-refractivity contribution is 7.89. The van der Waals surface area contributed by atoms with Crippen molar-refractivity contribution in [1.29, 1.82) is 0 Å². The zero-order chi connectivity index (χ0) is 13.4. The second kappa shape index (κ2) is 8.09. The van der Waals surface area contributed by atoms with Crippen LogP contribution in [0.15, 0.2) is 0 Å². The van der Waals surface area contributed by atoms with Crippen LogP contribution in [0.3, 0.4) is 0 Å². The van der Waals surface area contributed by atoms with Gasteiger partial charge < -0.3 is 10.2 Å². The number of rotatable bonds is 8. The van der Waals surface area contributed by atoms with E-state index in [2.05, 4.69) is 21.9 Å². The van der Waals surface area contributed by atoms with Gasteiger partial charge in [-0.3, -0.25) is 0 Å². The van der Waals surface area contributed by atoms with Gasteiger partial charge in [-0.2, -0.15) is 0 Å². The van der Waals surface area contributed by atoms with E-state index in [0.29, 0.717) is 0 Å². The fraction of sp³-hybridized carbons (Fsp3) is 1.00. The molecule has 1 saturated heterocycles. The maximum Gasteiger partial charge on any atom is 0.211 e. The highest BCUT2D eigenvalue weighted by atomic mass is 32.2. The van der Waals surface area contributed by atoms with Crippen LogP contribution in [0.5, 0.6) is 0 Å². The SMILES string of the molecule is CCNCCCCS(=O)(=O)NC1CCCN(C)C1. The normalized spacial score (nSPS) is 22.2. The predicted molar refractivity (Wildman–Crippen MR) is 75.2 cm³/mol. The Hall–Kier alpha value is -0.170. The number of nitrogens with one attached hydrogen (secondary N) is 2. The lowest BCUT2D eigenvalue weighted by Gasteiger charge is -2.29. The Morgan fingerprint density at radius 2 is 2.11 bits per heavy atom. The number of sulfonamides is 1. The molecular formula is C12H27N3O2S. The molecule has 0 spiro atoms. The second-order valence-corrected chi connectivity index (χ2v) is 6.97. The maximum absolute atomic E-state index is 11.9. The first-order valence-electron chi connectivity index (χ1n) is 6.93. The average Bonchev–Trinajstić information content (AvgIpc) is 2.28. The molecule has 0 aromatic carbocycles. The molecule has 0 amide bonds.